The van der Waals surface area contributed by atoms with Gasteiger partial charge in [-0.25, -0.2) is 0 Å². The first-order valence-electron chi connectivity index (χ1n) is 12.1. The van der Waals surface area contributed by atoms with Gasteiger partial charge in [-0.3, -0.25) is 19.6 Å². The first kappa shape index (κ1) is 21.4. The Morgan fingerprint density at radius 2 is 1.81 bits per heavy atom. The molecule has 1 aromatic heterocycles. The third-order valence-corrected chi connectivity index (χ3v) is 7.47. The van der Waals surface area contributed by atoms with Gasteiger partial charge >= 0.3 is 0 Å². The van der Waals surface area contributed by atoms with Crippen molar-refractivity contribution in [3.63, 3.8) is 0 Å². The predicted octanol–water partition coefficient (Wildman–Crippen LogP) is 2.05. The van der Waals surface area contributed by atoms with Crippen molar-refractivity contribution >= 4 is 22.7 Å². The minimum Gasteiger partial charge on any atom is -0.392 e. The number of hydrogen-bond acceptors (Lipinski definition) is 5. The maximum Gasteiger partial charge on any atom is 0.274 e. The Kier molecular flexibility index (Phi) is 6.15. The zero-order chi connectivity index (χ0) is 22.1. The zero-order valence-electron chi connectivity index (χ0n) is 18.5. The first-order chi connectivity index (χ1) is 15.6. The van der Waals surface area contributed by atoms with Crippen molar-refractivity contribution in [2.75, 3.05) is 19.6 Å². The standard InChI is InChI=1S/C24H33N5O3/c30-18-14-21(23(31)25-16-6-2-1-3-7-16)29(15-18)17-10-12-28(13-11-17)24(32)22-19-8-4-5-9-20(19)26-27-22/h4-5,8-9,16-18,21,30H,1-3,6-7,10-15H2,(H,25,31)(H,26,27)/t18-,21+/m1/s1. The van der Waals surface area contributed by atoms with Crippen LogP contribution in [0.25, 0.3) is 10.9 Å². The highest BCUT2D eigenvalue weighted by atomic mass is 16.3. The van der Waals surface area contributed by atoms with E-state index < -0.39 is 6.10 Å². The van der Waals surface area contributed by atoms with Gasteiger partial charge in [0.1, 0.15) is 0 Å². The highest BCUT2D eigenvalue weighted by Crippen LogP contribution is 2.28. The van der Waals surface area contributed by atoms with Gasteiger partial charge in [-0.2, -0.15) is 5.10 Å². The molecule has 2 saturated heterocycles. The van der Waals surface area contributed by atoms with Crippen LogP contribution in [0.5, 0.6) is 0 Å². The Labute approximate surface area is 188 Å². The number of aromatic nitrogens is 2. The van der Waals surface area contributed by atoms with E-state index in [1.54, 1.807) is 0 Å². The van der Waals surface area contributed by atoms with Crippen molar-refractivity contribution in [3.05, 3.63) is 30.0 Å². The Hall–Kier alpha value is -2.45. The number of piperidine rings is 1. The third kappa shape index (κ3) is 4.26. The number of carbonyl (C=O) groups is 2. The Morgan fingerprint density at radius 1 is 1.06 bits per heavy atom. The molecule has 1 aromatic carbocycles. The molecule has 0 radical (unpaired) electrons. The number of H-pyrrole nitrogens is 1. The highest BCUT2D eigenvalue weighted by Gasteiger charge is 2.41. The van der Waals surface area contributed by atoms with Gasteiger partial charge in [-0.05, 0) is 38.2 Å². The van der Waals surface area contributed by atoms with Crippen molar-refractivity contribution in [1.82, 2.24) is 25.3 Å². The van der Waals surface area contributed by atoms with E-state index in [-0.39, 0.29) is 29.9 Å². The Balaban J connectivity index is 1.20. The van der Waals surface area contributed by atoms with Crippen LogP contribution >= 0.6 is 0 Å². The summed E-state index contributed by atoms with van der Waals surface area (Å²) in [4.78, 5) is 30.2. The van der Waals surface area contributed by atoms with E-state index in [9.17, 15) is 14.7 Å². The van der Waals surface area contributed by atoms with Gasteiger partial charge in [0.2, 0.25) is 5.91 Å². The summed E-state index contributed by atoms with van der Waals surface area (Å²) in [6, 6.07) is 7.88. The molecule has 3 aliphatic rings. The second kappa shape index (κ2) is 9.19. The molecule has 3 fully saturated rings. The third-order valence-electron chi connectivity index (χ3n) is 7.47. The maximum absolute atomic E-state index is 13.1. The quantitative estimate of drug-likeness (QED) is 0.677. The molecule has 8 nitrogen and oxygen atoms in total. The van der Waals surface area contributed by atoms with Crippen LogP contribution in [0.4, 0.5) is 0 Å². The summed E-state index contributed by atoms with van der Waals surface area (Å²) < 4.78 is 0. The number of amides is 2. The minimum atomic E-state index is -0.466. The summed E-state index contributed by atoms with van der Waals surface area (Å²) in [5.74, 6) is 0.0175. The van der Waals surface area contributed by atoms with E-state index in [0.29, 0.717) is 31.7 Å². The second-order valence-electron chi connectivity index (χ2n) is 9.59. The zero-order valence-corrected chi connectivity index (χ0v) is 18.5. The summed E-state index contributed by atoms with van der Waals surface area (Å²) in [6.07, 6.45) is 7.37. The largest absolute Gasteiger partial charge is 0.392 e. The van der Waals surface area contributed by atoms with Crippen LogP contribution in [0.1, 0.15) is 61.9 Å². The molecule has 3 N–H and O–H groups in total. The van der Waals surface area contributed by atoms with E-state index in [2.05, 4.69) is 20.4 Å². The molecule has 0 bridgehead atoms. The number of hydrogen-bond donors (Lipinski definition) is 3. The van der Waals surface area contributed by atoms with Gasteiger partial charge < -0.3 is 15.3 Å². The molecule has 0 unspecified atom stereocenters. The molecule has 5 rings (SSSR count). The summed E-state index contributed by atoms with van der Waals surface area (Å²) >= 11 is 0. The van der Waals surface area contributed by atoms with Crippen LogP contribution in [0, 0.1) is 0 Å². The predicted molar refractivity (Wildman–Crippen MR) is 121 cm³/mol. The molecule has 172 valence electrons. The number of fused-ring (bicyclic) bond motifs is 1. The smallest absolute Gasteiger partial charge is 0.274 e. The average molecular weight is 440 g/mol. The van der Waals surface area contributed by atoms with Gasteiger partial charge in [-0.1, -0.05) is 37.5 Å². The molecule has 2 aliphatic heterocycles. The molecule has 32 heavy (non-hydrogen) atoms. The van der Waals surface area contributed by atoms with E-state index in [0.717, 1.165) is 36.6 Å². The summed E-state index contributed by atoms with van der Waals surface area (Å²) in [7, 11) is 0. The van der Waals surface area contributed by atoms with Gasteiger partial charge in [-0.15, -0.1) is 0 Å². The lowest BCUT2D eigenvalue weighted by molar-refractivity contribution is -0.127. The molecule has 2 amide bonds. The van der Waals surface area contributed by atoms with Crippen LogP contribution in [0.15, 0.2) is 24.3 Å². The monoisotopic (exact) mass is 439 g/mol. The molecule has 1 saturated carbocycles. The number of para-hydroxylation sites is 1. The van der Waals surface area contributed by atoms with Crippen molar-refractivity contribution < 1.29 is 14.7 Å². The van der Waals surface area contributed by atoms with Crippen LogP contribution in [-0.2, 0) is 4.79 Å². The topological polar surface area (TPSA) is 102 Å². The molecular weight excluding hydrogens is 406 g/mol. The molecule has 8 heteroatoms. The van der Waals surface area contributed by atoms with Gasteiger partial charge in [0.25, 0.3) is 5.91 Å². The minimum absolute atomic E-state index is 0.0473. The van der Waals surface area contributed by atoms with Crippen molar-refractivity contribution in [1.29, 1.82) is 0 Å². The molecule has 1 aliphatic carbocycles. The van der Waals surface area contributed by atoms with Crippen LogP contribution in [-0.4, -0.2) is 80.8 Å². The number of β-amino-alcohol motifs (C(OH)–C–C–N with tert-alkyl or cyclic N) is 1. The van der Waals surface area contributed by atoms with Crippen LogP contribution < -0.4 is 5.32 Å². The number of carbonyl (C=O) groups excluding carboxylic acids is 2. The van der Waals surface area contributed by atoms with Crippen molar-refractivity contribution in [2.45, 2.75) is 75.6 Å². The number of benzene rings is 1. The highest BCUT2D eigenvalue weighted by molar-refractivity contribution is 6.04. The lowest BCUT2D eigenvalue weighted by atomic mass is 9.95. The van der Waals surface area contributed by atoms with E-state index in [1.165, 1.54) is 19.3 Å². The Bertz CT molecular complexity index is 961. The Morgan fingerprint density at radius 3 is 2.59 bits per heavy atom. The molecule has 0 spiro atoms. The number of aliphatic hydroxyl groups is 1. The maximum atomic E-state index is 13.1. The number of likely N-dealkylation sites (tertiary alicyclic amines) is 2. The van der Waals surface area contributed by atoms with E-state index in [4.69, 9.17) is 0 Å². The number of nitrogens with one attached hydrogen (secondary N) is 2. The lowest BCUT2D eigenvalue weighted by Gasteiger charge is -2.39. The normalized spacial score (nSPS) is 26.0. The van der Waals surface area contributed by atoms with Crippen LogP contribution in [0.3, 0.4) is 0 Å². The van der Waals surface area contributed by atoms with Crippen molar-refractivity contribution in [3.8, 4) is 0 Å². The van der Waals surface area contributed by atoms with Gasteiger partial charge in [0.05, 0.1) is 17.7 Å². The average Bonchev–Trinajstić information content (AvgIpc) is 3.43. The molecular formula is C24H33N5O3. The SMILES string of the molecule is O=C(NC1CCCCC1)[C@@H]1C[C@@H](O)CN1C1CCN(C(=O)c2n[nH]c3ccccc23)CC1. The summed E-state index contributed by atoms with van der Waals surface area (Å²) in [5.41, 5.74) is 1.34. The number of aliphatic hydroxyl groups excluding tert-OH is 1. The fourth-order valence-electron chi connectivity index (χ4n) is 5.72. The summed E-state index contributed by atoms with van der Waals surface area (Å²) in [6.45, 7) is 1.80. The molecule has 2 atom stereocenters. The van der Waals surface area contributed by atoms with Gasteiger partial charge in [0, 0.05) is 37.1 Å². The lowest BCUT2D eigenvalue weighted by Crippen LogP contribution is -2.53. The fraction of sp³-hybridized carbons (Fsp3) is 0.625. The van der Waals surface area contributed by atoms with Gasteiger partial charge in [0.15, 0.2) is 5.69 Å². The summed E-state index contributed by atoms with van der Waals surface area (Å²) in [5, 5.41) is 21.6. The number of aromatic amines is 1. The van der Waals surface area contributed by atoms with Crippen LogP contribution in [0.2, 0.25) is 0 Å². The number of rotatable bonds is 4. The molecule has 3 heterocycles. The fourth-order valence-corrected chi connectivity index (χ4v) is 5.72. The van der Waals surface area contributed by atoms with Crippen molar-refractivity contribution in [2.24, 2.45) is 0 Å². The number of nitrogens with zero attached hydrogens (tertiary/aromatic N) is 3. The van der Waals surface area contributed by atoms with E-state index in [1.807, 2.05) is 29.2 Å². The van der Waals surface area contributed by atoms with E-state index >= 15 is 0 Å². The first-order valence-corrected chi connectivity index (χ1v) is 12.1. The second-order valence-corrected chi connectivity index (χ2v) is 9.59. The molecule has 2 aromatic rings.